The minimum Gasteiger partial charge on any atom is -0.384 e. The number of hydrogen-bond acceptors (Lipinski definition) is 4. The Labute approximate surface area is 126 Å². The van der Waals surface area contributed by atoms with Gasteiger partial charge in [0, 0.05) is 18.1 Å². The molecule has 0 spiro atoms. The number of benzene rings is 1. The van der Waals surface area contributed by atoms with Crippen molar-refractivity contribution in [3.8, 4) is 0 Å². The summed E-state index contributed by atoms with van der Waals surface area (Å²) in [6.45, 7) is 8.87. The number of ether oxygens (including phenoxy) is 1. The number of hydrogen-bond donors (Lipinski definition) is 1. The van der Waals surface area contributed by atoms with Gasteiger partial charge >= 0.3 is 0 Å². The predicted molar refractivity (Wildman–Crippen MR) is 85.1 cm³/mol. The summed E-state index contributed by atoms with van der Waals surface area (Å²) in [6.07, 6.45) is -0.291. The summed E-state index contributed by atoms with van der Waals surface area (Å²) in [4.78, 5) is 9.07. The first-order valence-electron chi connectivity index (χ1n) is 7.23. The van der Waals surface area contributed by atoms with Gasteiger partial charge in [-0.2, -0.15) is 0 Å². The van der Waals surface area contributed by atoms with Crippen molar-refractivity contribution in [1.29, 1.82) is 0 Å². The van der Waals surface area contributed by atoms with Gasteiger partial charge in [-0.3, -0.25) is 0 Å². The van der Waals surface area contributed by atoms with Gasteiger partial charge in [-0.25, -0.2) is 9.97 Å². The Bertz CT molecular complexity index is 591. The van der Waals surface area contributed by atoms with Crippen molar-refractivity contribution in [3.63, 3.8) is 0 Å². The Balaban J connectivity index is 2.48. The molecule has 2 aromatic rings. The lowest BCUT2D eigenvalue weighted by Crippen LogP contribution is -2.19. The molecule has 1 aromatic carbocycles. The Hall–Kier alpha value is -1.94. The summed E-state index contributed by atoms with van der Waals surface area (Å²) in [7, 11) is 0. The minimum absolute atomic E-state index is 0.0841. The van der Waals surface area contributed by atoms with Crippen LogP contribution in [0.5, 0.6) is 0 Å². The standard InChI is InChI=1S/C17H23N3O/c1-5-21-15(12-9-7-6-8-10-12)16-19-13(17(2,3)4)11-14(18)20-16/h6-11,15H,5H2,1-4H3,(H2,18,19,20). The molecule has 2 N–H and O–H groups in total. The average molecular weight is 285 g/mol. The van der Waals surface area contributed by atoms with Crippen LogP contribution in [0.1, 0.15) is 50.9 Å². The molecular formula is C17H23N3O. The maximum absolute atomic E-state index is 5.96. The lowest BCUT2D eigenvalue weighted by molar-refractivity contribution is 0.0849. The predicted octanol–water partition coefficient (Wildman–Crippen LogP) is 3.48. The van der Waals surface area contributed by atoms with Crippen LogP contribution < -0.4 is 5.73 Å². The van der Waals surface area contributed by atoms with Gasteiger partial charge in [-0.1, -0.05) is 51.1 Å². The van der Waals surface area contributed by atoms with E-state index in [1.165, 1.54) is 0 Å². The summed E-state index contributed by atoms with van der Waals surface area (Å²) in [5.41, 5.74) is 7.83. The fourth-order valence-corrected chi connectivity index (χ4v) is 2.10. The molecule has 0 amide bonds. The first kappa shape index (κ1) is 15.4. The highest BCUT2D eigenvalue weighted by atomic mass is 16.5. The largest absolute Gasteiger partial charge is 0.384 e. The normalized spacial score (nSPS) is 13.1. The highest BCUT2D eigenvalue weighted by molar-refractivity contribution is 5.35. The van der Waals surface area contributed by atoms with E-state index in [4.69, 9.17) is 10.5 Å². The van der Waals surface area contributed by atoms with Crippen molar-refractivity contribution in [2.24, 2.45) is 0 Å². The first-order chi connectivity index (χ1) is 9.91. The number of nitrogens with zero attached hydrogens (tertiary/aromatic N) is 2. The zero-order chi connectivity index (χ0) is 15.5. The molecule has 1 aromatic heterocycles. The quantitative estimate of drug-likeness (QED) is 0.934. The number of nitrogen functional groups attached to an aromatic ring is 1. The van der Waals surface area contributed by atoms with Crippen molar-refractivity contribution in [1.82, 2.24) is 9.97 Å². The average Bonchev–Trinajstić information content (AvgIpc) is 2.44. The molecular weight excluding hydrogens is 262 g/mol. The molecule has 1 atom stereocenters. The third-order valence-electron chi connectivity index (χ3n) is 3.20. The van der Waals surface area contributed by atoms with Gasteiger partial charge in [0.05, 0.1) is 5.69 Å². The van der Waals surface area contributed by atoms with E-state index in [0.717, 1.165) is 11.3 Å². The molecule has 0 radical (unpaired) electrons. The lowest BCUT2D eigenvalue weighted by atomic mass is 9.91. The van der Waals surface area contributed by atoms with Crippen LogP contribution in [0.25, 0.3) is 0 Å². The van der Waals surface area contributed by atoms with Crippen molar-refractivity contribution >= 4 is 5.82 Å². The summed E-state index contributed by atoms with van der Waals surface area (Å²) in [6, 6.07) is 11.8. The molecule has 1 unspecified atom stereocenters. The first-order valence-corrected chi connectivity index (χ1v) is 7.23. The monoisotopic (exact) mass is 285 g/mol. The maximum atomic E-state index is 5.96. The van der Waals surface area contributed by atoms with Crippen LogP contribution in [0.15, 0.2) is 36.4 Å². The SMILES string of the molecule is CCOC(c1ccccc1)c1nc(N)cc(C(C)(C)C)n1. The summed E-state index contributed by atoms with van der Waals surface area (Å²) >= 11 is 0. The molecule has 0 aliphatic carbocycles. The van der Waals surface area contributed by atoms with Gasteiger partial charge in [-0.15, -0.1) is 0 Å². The zero-order valence-electron chi connectivity index (χ0n) is 13.1. The van der Waals surface area contributed by atoms with Crippen molar-refractivity contribution in [2.75, 3.05) is 12.3 Å². The molecule has 0 saturated carbocycles. The third-order valence-corrected chi connectivity index (χ3v) is 3.20. The second-order valence-corrected chi connectivity index (χ2v) is 6.03. The Morgan fingerprint density at radius 3 is 2.38 bits per heavy atom. The highest BCUT2D eigenvalue weighted by Crippen LogP contribution is 2.27. The summed E-state index contributed by atoms with van der Waals surface area (Å²) in [5.74, 6) is 1.10. The van der Waals surface area contributed by atoms with Crippen LogP contribution in [0.2, 0.25) is 0 Å². The van der Waals surface area contributed by atoms with Gasteiger partial charge in [0.1, 0.15) is 11.9 Å². The van der Waals surface area contributed by atoms with Crippen LogP contribution in [0.4, 0.5) is 5.82 Å². The van der Waals surface area contributed by atoms with Crippen LogP contribution in [0, 0.1) is 0 Å². The van der Waals surface area contributed by atoms with E-state index < -0.39 is 0 Å². The van der Waals surface area contributed by atoms with Gasteiger partial charge in [0.2, 0.25) is 0 Å². The fourth-order valence-electron chi connectivity index (χ4n) is 2.10. The Morgan fingerprint density at radius 2 is 1.81 bits per heavy atom. The van der Waals surface area contributed by atoms with Gasteiger partial charge in [-0.05, 0) is 12.5 Å². The second-order valence-electron chi connectivity index (χ2n) is 6.03. The third kappa shape index (κ3) is 3.79. The van der Waals surface area contributed by atoms with Crippen molar-refractivity contribution in [2.45, 2.75) is 39.2 Å². The maximum Gasteiger partial charge on any atom is 0.164 e. The van der Waals surface area contributed by atoms with Crippen molar-refractivity contribution < 1.29 is 4.74 Å². The second kappa shape index (κ2) is 6.22. The van der Waals surface area contributed by atoms with Crippen LogP contribution in [-0.2, 0) is 10.2 Å². The van der Waals surface area contributed by atoms with Crippen LogP contribution in [-0.4, -0.2) is 16.6 Å². The zero-order valence-corrected chi connectivity index (χ0v) is 13.1. The smallest absolute Gasteiger partial charge is 0.164 e. The number of nitrogens with two attached hydrogens (primary N) is 1. The number of anilines is 1. The lowest BCUT2D eigenvalue weighted by Gasteiger charge is -2.22. The molecule has 4 nitrogen and oxygen atoms in total. The molecule has 4 heteroatoms. The molecule has 0 saturated heterocycles. The van der Waals surface area contributed by atoms with Gasteiger partial charge in [0.25, 0.3) is 0 Å². The molecule has 0 bridgehead atoms. The fraction of sp³-hybridized carbons (Fsp3) is 0.412. The molecule has 2 rings (SSSR count). The summed E-state index contributed by atoms with van der Waals surface area (Å²) < 4.78 is 5.86. The van der Waals surface area contributed by atoms with E-state index in [2.05, 4.69) is 30.7 Å². The molecule has 1 heterocycles. The van der Waals surface area contributed by atoms with Gasteiger partial charge < -0.3 is 10.5 Å². The summed E-state index contributed by atoms with van der Waals surface area (Å²) in [5, 5.41) is 0. The van der Waals surface area contributed by atoms with E-state index in [-0.39, 0.29) is 11.5 Å². The molecule has 0 aliphatic rings. The van der Waals surface area contributed by atoms with Crippen molar-refractivity contribution in [3.05, 3.63) is 53.5 Å². The topological polar surface area (TPSA) is 61.0 Å². The highest BCUT2D eigenvalue weighted by Gasteiger charge is 2.22. The van der Waals surface area contributed by atoms with Crippen LogP contribution >= 0.6 is 0 Å². The number of rotatable bonds is 4. The van der Waals surface area contributed by atoms with E-state index in [0.29, 0.717) is 18.2 Å². The Morgan fingerprint density at radius 1 is 1.14 bits per heavy atom. The number of aromatic nitrogens is 2. The van der Waals surface area contributed by atoms with Gasteiger partial charge in [0.15, 0.2) is 5.82 Å². The van der Waals surface area contributed by atoms with E-state index in [1.807, 2.05) is 43.3 Å². The minimum atomic E-state index is -0.291. The van der Waals surface area contributed by atoms with E-state index in [9.17, 15) is 0 Å². The molecule has 0 fully saturated rings. The molecule has 0 aliphatic heterocycles. The van der Waals surface area contributed by atoms with E-state index in [1.54, 1.807) is 0 Å². The Kier molecular flexibility index (Phi) is 4.58. The molecule has 112 valence electrons. The van der Waals surface area contributed by atoms with Crippen LogP contribution in [0.3, 0.4) is 0 Å². The van der Waals surface area contributed by atoms with E-state index >= 15 is 0 Å². The molecule has 21 heavy (non-hydrogen) atoms.